The van der Waals surface area contributed by atoms with Gasteiger partial charge in [0.25, 0.3) is 0 Å². The smallest absolute Gasteiger partial charge is 0.240 e. The van der Waals surface area contributed by atoms with Crippen LogP contribution in [0.1, 0.15) is 39.5 Å². The van der Waals surface area contributed by atoms with Gasteiger partial charge in [0.2, 0.25) is 15.9 Å². The molecule has 0 aliphatic carbocycles. The largest absolute Gasteiger partial charge is 0.497 e. The molecule has 0 bridgehead atoms. The molecule has 0 unspecified atom stereocenters. The summed E-state index contributed by atoms with van der Waals surface area (Å²) in [7, 11) is -2.02. The number of rotatable bonds is 11. The van der Waals surface area contributed by atoms with Crippen LogP contribution in [0.3, 0.4) is 0 Å². The number of nitrogens with one attached hydrogen (secondary N) is 1. The monoisotopic (exact) mass is 370 g/mol. The molecule has 0 aromatic heterocycles. The van der Waals surface area contributed by atoms with Gasteiger partial charge >= 0.3 is 0 Å². The summed E-state index contributed by atoms with van der Waals surface area (Å²) in [6.07, 6.45) is 5.43. The summed E-state index contributed by atoms with van der Waals surface area (Å²) in [5.41, 5.74) is 0.441. The van der Waals surface area contributed by atoms with Gasteiger partial charge in [-0.15, -0.1) is 0 Å². The summed E-state index contributed by atoms with van der Waals surface area (Å²) >= 11 is 0. The van der Waals surface area contributed by atoms with Crippen molar-refractivity contribution in [2.24, 2.45) is 5.92 Å². The molecular weight excluding hydrogens is 340 g/mol. The number of hydrogen-bond donors (Lipinski definition) is 1. The van der Waals surface area contributed by atoms with Crippen molar-refractivity contribution in [3.8, 4) is 5.75 Å². The molecule has 0 aliphatic rings. The summed E-state index contributed by atoms with van der Waals surface area (Å²) < 4.78 is 30.3. The van der Waals surface area contributed by atoms with Gasteiger partial charge in [-0.05, 0) is 36.6 Å². The Kier molecular flexibility index (Phi) is 8.75. The highest BCUT2D eigenvalue weighted by Gasteiger charge is 2.21. The summed E-state index contributed by atoms with van der Waals surface area (Å²) in [4.78, 5) is 12.2. The van der Waals surface area contributed by atoms with Crippen LogP contribution in [0.4, 0.5) is 5.69 Å². The van der Waals surface area contributed by atoms with Gasteiger partial charge in [0.1, 0.15) is 12.3 Å². The molecule has 0 spiro atoms. The Hall–Kier alpha value is -1.76. The number of methoxy groups -OCH3 is 1. The fourth-order valence-corrected chi connectivity index (χ4v) is 3.39. The number of benzene rings is 1. The van der Waals surface area contributed by atoms with Gasteiger partial charge in [-0.1, -0.05) is 33.1 Å². The molecule has 0 saturated heterocycles. The van der Waals surface area contributed by atoms with Crippen molar-refractivity contribution in [3.05, 3.63) is 24.3 Å². The molecule has 1 rings (SSSR count). The molecule has 7 heteroatoms. The predicted octanol–water partition coefficient (Wildman–Crippen LogP) is 2.79. The first-order valence-electron chi connectivity index (χ1n) is 8.70. The summed E-state index contributed by atoms with van der Waals surface area (Å²) in [5, 5.41) is 2.87. The molecule has 1 aromatic carbocycles. The van der Waals surface area contributed by atoms with Crippen molar-refractivity contribution in [2.75, 3.05) is 30.8 Å². The molecule has 1 amide bonds. The number of carbonyl (C=O) groups excluding carboxylic acids is 1. The van der Waals surface area contributed by atoms with E-state index in [4.69, 9.17) is 4.74 Å². The molecule has 0 aliphatic heterocycles. The second-order valence-corrected chi connectivity index (χ2v) is 8.10. The first-order valence-corrected chi connectivity index (χ1v) is 10.5. The van der Waals surface area contributed by atoms with Crippen molar-refractivity contribution < 1.29 is 17.9 Å². The number of ether oxygens (including phenoxy) is 1. The molecule has 1 N–H and O–H groups in total. The SMILES string of the molecule is CCCC[C@@H](CC)CNC(=O)CN(c1ccc(OC)cc1)S(C)(=O)=O. The van der Waals surface area contributed by atoms with Crippen molar-refractivity contribution in [2.45, 2.75) is 39.5 Å². The van der Waals surface area contributed by atoms with Crippen LogP contribution in [0.2, 0.25) is 0 Å². The molecule has 0 saturated carbocycles. The van der Waals surface area contributed by atoms with Gasteiger partial charge in [0.05, 0.1) is 19.1 Å². The zero-order chi connectivity index (χ0) is 18.9. The van der Waals surface area contributed by atoms with Crippen molar-refractivity contribution in [1.29, 1.82) is 0 Å². The van der Waals surface area contributed by atoms with E-state index < -0.39 is 10.0 Å². The maximum absolute atomic E-state index is 12.2. The average molecular weight is 371 g/mol. The second-order valence-electron chi connectivity index (χ2n) is 6.19. The number of amides is 1. The average Bonchev–Trinajstić information content (AvgIpc) is 2.59. The number of nitrogens with zero attached hydrogens (tertiary/aromatic N) is 1. The van der Waals surface area contributed by atoms with Crippen LogP contribution in [-0.2, 0) is 14.8 Å². The lowest BCUT2D eigenvalue weighted by molar-refractivity contribution is -0.119. The fraction of sp³-hybridized carbons (Fsp3) is 0.611. The molecule has 25 heavy (non-hydrogen) atoms. The van der Waals surface area contributed by atoms with Gasteiger partial charge in [0.15, 0.2) is 0 Å². The minimum Gasteiger partial charge on any atom is -0.497 e. The molecule has 6 nitrogen and oxygen atoms in total. The Bertz CT molecular complexity index is 629. The van der Waals surface area contributed by atoms with E-state index in [9.17, 15) is 13.2 Å². The fourth-order valence-electron chi connectivity index (χ4n) is 2.54. The van der Waals surface area contributed by atoms with Crippen molar-refractivity contribution in [3.63, 3.8) is 0 Å². The zero-order valence-electron chi connectivity index (χ0n) is 15.6. The Morgan fingerprint density at radius 3 is 2.36 bits per heavy atom. The molecule has 0 radical (unpaired) electrons. The number of anilines is 1. The molecule has 0 fully saturated rings. The lowest BCUT2D eigenvalue weighted by atomic mass is 9.99. The lowest BCUT2D eigenvalue weighted by Crippen LogP contribution is -2.41. The highest BCUT2D eigenvalue weighted by Crippen LogP contribution is 2.21. The van der Waals surface area contributed by atoms with Crippen molar-refractivity contribution >= 4 is 21.6 Å². The minimum atomic E-state index is -3.56. The van der Waals surface area contributed by atoms with Gasteiger partial charge < -0.3 is 10.1 Å². The van der Waals surface area contributed by atoms with Crippen LogP contribution in [-0.4, -0.2) is 40.8 Å². The van der Waals surface area contributed by atoms with E-state index in [-0.39, 0.29) is 12.5 Å². The van der Waals surface area contributed by atoms with E-state index in [1.807, 2.05) is 0 Å². The van der Waals surface area contributed by atoms with Crippen molar-refractivity contribution in [1.82, 2.24) is 5.32 Å². The van der Waals surface area contributed by atoms with E-state index in [1.165, 1.54) is 0 Å². The van der Waals surface area contributed by atoms with Gasteiger partial charge in [-0.2, -0.15) is 0 Å². The summed E-state index contributed by atoms with van der Waals surface area (Å²) in [5.74, 6) is 0.760. The van der Waals surface area contributed by atoms with Crippen LogP contribution in [0, 0.1) is 5.92 Å². The number of hydrogen-bond acceptors (Lipinski definition) is 4. The maximum Gasteiger partial charge on any atom is 0.240 e. The first-order chi connectivity index (χ1) is 11.8. The lowest BCUT2D eigenvalue weighted by Gasteiger charge is -2.23. The van der Waals surface area contributed by atoms with Gasteiger partial charge in [-0.3, -0.25) is 9.10 Å². The Labute approximate surface area is 151 Å². The highest BCUT2D eigenvalue weighted by atomic mass is 32.2. The molecule has 142 valence electrons. The first kappa shape index (κ1) is 21.3. The van der Waals surface area contributed by atoms with Crippen LogP contribution in [0.5, 0.6) is 5.75 Å². The Morgan fingerprint density at radius 1 is 1.24 bits per heavy atom. The number of sulfonamides is 1. The molecule has 0 heterocycles. The van der Waals surface area contributed by atoms with Crippen LogP contribution < -0.4 is 14.4 Å². The van der Waals surface area contributed by atoms with Gasteiger partial charge in [-0.25, -0.2) is 8.42 Å². The third-order valence-electron chi connectivity index (χ3n) is 4.18. The molecule has 1 atom stereocenters. The maximum atomic E-state index is 12.2. The standard InChI is InChI=1S/C18H30N2O4S/c1-5-7-8-15(6-2)13-19-18(21)14-20(25(4,22)23)16-9-11-17(24-3)12-10-16/h9-12,15H,5-8,13-14H2,1-4H3,(H,19,21)/t15-/m1/s1. The van der Waals surface area contributed by atoms with E-state index in [0.717, 1.165) is 36.2 Å². The molecule has 1 aromatic rings. The highest BCUT2D eigenvalue weighted by molar-refractivity contribution is 7.92. The van der Waals surface area contributed by atoms with Gasteiger partial charge in [0, 0.05) is 6.54 Å². The second kappa shape index (κ2) is 10.3. The summed E-state index contributed by atoms with van der Waals surface area (Å²) in [6, 6.07) is 6.60. The third-order valence-corrected chi connectivity index (χ3v) is 5.32. The van der Waals surface area contributed by atoms with E-state index in [2.05, 4.69) is 19.2 Å². The third kappa shape index (κ3) is 7.34. The topological polar surface area (TPSA) is 75.7 Å². The number of carbonyl (C=O) groups is 1. The predicted molar refractivity (Wildman–Crippen MR) is 101 cm³/mol. The quantitative estimate of drug-likeness (QED) is 0.650. The Balaban J connectivity index is 2.73. The zero-order valence-corrected chi connectivity index (χ0v) is 16.4. The molecular formula is C18H30N2O4S. The van der Waals surface area contributed by atoms with E-state index >= 15 is 0 Å². The minimum absolute atomic E-state index is 0.227. The van der Waals surface area contributed by atoms with Crippen LogP contribution in [0.25, 0.3) is 0 Å². The van der Waals surface area contributed by atoms with E-state index in [1.54, 1.807) is 31.4 Å². The summed E-state index contributed by atoms with van der Waals surface area (Å²) in [6.45, 7) is 4.60. The number of unbranched alkanes of at least 4 members (excludes halogenated alkanes) is 1. The Morgan fingerprint density at radius 2 is 1.88 bits per heavy atom. The van der Waals surface area contributed by atoms with Crippen LogP contribution >= 0.6 is 0 Å². The van der Waals surface area contributed by atoms with Crippen LogP contribution in [0.15, 0.2) is 24.3 Å². The normalized spacial score (nSPS) is 12.5. The van der Waals surface area contributed by atoms with E-state index in [0.29, 0.717) is 23.9 Å².